The van der Waals surface area contributed by atoms with E-state index in [0.29, 0.717) is 57.5 Å². The Hall–Kier alpha value is -2.24. The predicted molar refractivity (Wildman–Crippen MR) is 125 cm³/mol. The molecule has 198 valence electrons. The predicted octanol–water partition coefficient (Wildman–Crippen LogP) is 4.82. The molecule has 2 saturated heterocycles. The van der Waals surface area contributed by atoms with Gasteiger partial charge in [0.25, 0.3) is 0 Å². The summed E-state index contributed by atoms with van der Waals surface area (Å²) in [6.07, 6.45) is -1.17. The lowest BCUT2D eigenvalue weighted by Crippen LogP contribution is -2.54. The van der Waals surface area contributed by atoms with E-state index in [4.69, 9.17) is 4.74 Å². The van der Waals surface area contributed by atoms with Crippen molar-refractivity contribution in [3.8, 4) is 5.75 Å². The first-order chi connectivity index (χ1) is 16.9. The molecule has 0 amide bonds. The van der Waals surface area contributed by atoms with Crippen LogP contribution in [0.3, 0.4) is 0 Å². The van der Waals surface area contributed by atoms with Crippen molar-refractivity contribution >= 4 is 10.0 Å². The Labute approximate surface area is 207 Å². The highest BCUT2D eigenvalue weighted by Gasteiger charge is 2.32. The van der Waals surface area contributed by atoms with Crippen LogP contribution < -0.4 is 4.74 Å². The summed E-state index contributed by atoms with van der Waals surface area (Å²) in [5.41, 5.74) is 0.658. The van der Waals surface area contributed by atoms with Crippen LogP contribution in [0.15, 0.2) is 36.4 Å². The monoisotopic (exact) mass is 532 g/mol. The molecule has 0 N–H and O–H groups in total. The van der Waals surface area contributed by atoms with E-state index in [0.717, 1.165) is 30.4 Å². The fourth-order valence-electron chi connectivity index (χ4n) is 4.76. The zero-order valence-electron chi connectivity index (χ0n) is 19.9. The van der Waals surface area contributed by atoms with Crippen LogP contribution in [0.5, 0.6) is 5.75 Å². The lowest BCUT2D eigenvalue weighted by Gasteiger charge is -2.39. The summed E-state index contributed by atoms with van der Waals surface area (Å²) in [4.78, 5) is 2.06. The molecule has 36 heavy (non-hydrogen) atoms. The maximum atomic E-state index is 14.7. The number of hydrogen-bond acceptors (Lipinski definition) is 4. The number of nitrogens with zero attached hydrogens (tertiary/aromatic N) is 2. The van der Waals surface area contributed by atoms with Crippen molar-refractivity contribution in [3.05, 3.63) is 64.7 Å². The van der Waals surface area contributed by atoms with Gasteiger partial charge in [-0.25, -0.2) is 21.5 Å². The Kier molecular flexibility index (Phi) is 7.92. The number of aryl methyl sites for hydroxylation is 1. The van der Waals surface area contributed by atoms with E-state index in [-0.39, 0.29) is 12.0 Å². The average molecular weight is 533 g/mol. The molecule has 0 aromatic heterocycles. The van der Waals surface area contributed by atoms with Gasteiger partial charge in [0.2, 0.25) is 10.0 Å². The highest BCUT2D eigenvalue weighted by Crippen LogP contribution is 2.34. The number of likely N-dealkylation sites (tertiary alicyclic amines) is 1. The Morgan fingerprint density at radius 1 is 1.00 bits per heavy atom. The van der Waals surface area contributed by atoms with Gasteiger partial charge in [0.05, 0.1) is 11.8 Å². The molecule has 0 radical (unpaired) electrons. The number of alkyl halides is 3. The standard InChI is InChI=1S/C25H29F5N2O3S/c1-36(33,34)32-11-8-18(9-12-32)19-13-22(26)24(23(27)14-19)35-21-15-31(16-21)10-2-3-17-4-6-20(7-5-17)25(28,29)30/h4-7,13-14,18,21H,2-3,8-12,15-16H2,1H3. The Balaban J connectivity index is 1.22. The molecule has 5 nitrogen and oxygen atoms in total. The second kappa shape index (κ2) is 10.6. The van der Waals surface area contributed by atoms with Crippen molar-refractivity contribution in [2.24, 2.45) is 0 Å². The molecule has 2 aromatic rings. The van der Waals surface area contributed by atoms with Crippen molar-refractivity contribution in [2.45, 2.75) is 43.9 Å². The first-order valence-corrected chi connectivity index (χ1v) is 13.7. The summed E-state index contributed by atoms with van der Waals surface area (Å²) in [5.74, 6) is -2.06. The Morgan fingerprint density at radius 2 is 1.58 bits per heavy atom. The molecule has 2 fully saturated rings. The quantitative estimate of drug-likeness (QED) is 0.458. The van der Waals surface area contributed by atoms with Crippen LogP contribution >= 0.6 is 0 Å². The molecule has 2 heterocycles. The van der Waals surface area contributed by atoms with Crippen molar-refractivity contribution in [1.29, 1.82) is 0 Å². The molecule has 2 aromatic carbocycles. The molecular weight excluding hydrogens is 503 g/mol. The molecule has 2 aliphatic rings. The fraction of sp³-hybridized carbons (Fsp3) is 0.520. The number of rotatable bonds is 8. The summed E-state index contributed by atoms with van der Waals surface area (Å²) in [5, 5.41) is 0. The molecule has 0 atom stereocenters. The van der Waals surface area contributed by atoms with Gasteiger partial charge in [0.15, 0.2) is 17.4 Å². The number of halogens is 5. The van der Waals surface area contributed by atoms with E-state index in [1.165, 1.54) is 28.6 Å². The van der Waals surface area contributed by atoms with Crippen LogP contribution in [0.2, 0.25) is 0 Å². The van der Waals surface area contributed by atoms with Gasteiger partial charge in [-0.1, -0.05) is 12.1 Å². The van der Waals surface area contributed by atoms with E-state index >= 15 is 0 Å². The molecule has 0 aliphatic carbocycles. The van der Waals surface area contributed by atoms with Gasteiger partial charge in [-0.05, 0) is 73.5 Å². The third-order valence-corrected chi connectivity index (χ3v) is 8.15. The minimum Gasteiger partial charge on any atom is -0.482 e. The van der Waals surface area contributed by atoms with Crippen molar-refractivity contribution in [1.82, 2.24) is 9.21 Å². The molecule has 11 heteroatoms. The maximum absolute atomic E-state index is 14.7. The fourth-order valence-corrected chi connectivity index (χ4v) is 5.64. The second-order valence-electron chi connectivity index (χ2n) is 9.55. The van der Waals surface area contributed by atoms with Crippen molar-refractivity contribution in [2.75, 3.05) is 39.0 Å². The lowest BCUT2D eigenvalue weighted by molar-refractivity contribution is -0.137. The Bertz CT molecular complexity index is 1130. The third kappa shape index (κ3) is 6.54. The molecule has 4 rings (SSSR count). The molecule has 0 unspecified atom stereocenters. The molecule has 2 aliphatic heterocycles. The van der Waals surface area contributed by atoms with Crippen LogP contribution in [0.4, 0.5) is 22.0 Å². The normalized spacial score (nSPS) is 18.8. The van der Waals surface area contributed by atoms with Gasteiger partial charge in [-0.15, -0.1) is 0 Å². The zero-order valence-corrected chi connectivity index (χ0v) is 20.7. The highest BCUT2D eigenvalue weighted by atomic mass is 32.2. The maximum Gasteiger partial charge on any atom is 0.416 e. The van der Waals surface area contributed by atoms with E-state index < -0.39 is 39.1 Å². The van der Waals surface area contributed by atoms with Crippen LogP contribution in [-0.2, 0) is 22.6 Å². The van der Waals surface area contributed by atoms with E-state index in [9.17, 15) is 30.4 Å². The van der Waals surface area contributed by atoms with Gasteiger partial charge in [-0.3, -0.25) is 4.90 Å². The van der Waals surface area contributed by atoms with Crippen molar-refractivity contribution in [3.63, 3.8) is 0 Å². The lowest BCUT2D eigenvalue weighted by atomic mass is 9.90. The van der Waals surface area contributed by atoms with E-state index in [1.807, 2.05) is 0 Å². The van der Waals surface area contributed by atoms with Gasteiger partial charge in [-0.2, -0.15) is 13.2 Å². The second-order valence-corrected chi connectivity index (χ2v) is 11.5. The van der Waals surface area contributed by atoms with Crippen LogP contribution in [0.25, 0.3) is 0 Å². The summed E-state index contributed by atoms with van der Waals surface area (Å²) < 4.78 is 97.6. The molecule has 0 saturated carbocycles. The summed E-state index contributed by atoms with van der Waals surface area (Å²) in [7, 11) is -3.27. The van der Waals surface area contributed by atoms with E-state index in [2.05, 4.69) is 4.90 Å². The van der Waals surface area contributed by atoms with Gasteiger partial charge < -0.3 is 4.74 Å². The smallest absolute Gasteiger partial charge is 0.416 e. The minimum atomic E-state index is -4.34. The number of piperidine rings is 1. The third-order valence-electron chi connectivity index (χ3n) is 6.84. The molecular formula is C25H29F5N2O3S. The van der Waals surface area contributed by atoms with Crippen molar-refractivity contribution < 1.29 is 35.1 Å². The summed E-state index contributed by atoms with van der Waals surface area (Å²) in [6, 6.07) is 7.68. The van der Waals surface area contributed by atoms with Crippen LogP contribution in [0.1, 0.15) is 41.9 Å². The summed E-state index contributed by atoms with van der Waals surface area (Å²) in [6.45, 7) is 2.37. The first-order valence-electron chi connectivity index (χ1n) is 11.9. The topological polar surface area (TPSA) is 49.9 Å². The van der Waals surface area contributed by atoms with Crippen LogP contribution in [0, 0.1) is 11.6 Å². The number of hydrogen-bond donors (Lipinski definition) is 0. The van der Waals surface area contributed by atoms with Gasteiger partial charge in [0.1, 0.15) is 6.10 Å². The van der Waals surface area contributed by atoms with E-state index in [1.54, 1.807) is 0 Å². The Morgan fingerprint density at radius 3 is 2.11 bits per heavy atom. The molecule has 0 bridgehead atoms. The zero-order chi connectivity index (χ0) is 26.1. The summed E-state index contributed by atoms with van der Waals surface area (Å²) >= 11 is 0. The van der Waals surface area contributed by atoms with Gasteiger partial charge in [0, 0.05) is 26.2 Å². The van der Waals surface area contributed by atoms with Gasteiger partial charge >= 0.3 is 6.18 Å². The average Bonchev–Trinajstić information content (AvgIpc) is 2.78. The SMILES string of the molecule is CS(=O)(=O)N1CCC(c2cc(F)c(OC3CN(CCCc4ccc(C(F)(F)F)cc4)C3)c(F)c2)CC1. The number of benzene rings is 2. The largest absolute Gasteiger partial charge is 0.482 e. The number of sulfonamides is 1. The first kappa shape index (κ1) is 26.8. The van der Waals surface area contributed by atoms with Crippen LogP contribution in [-0.4, -0.2) is 62.7 Å². The highest BCUT2D eigenvalue weighted by molar-refractivity contribution is 7.88. The number of ether oxygens (including phenoxy) is 1. The molecule has 0 spiro atoms. The minimum absolute atomic E-state index is 0.120.